The molecule has 2 aromatic heterocycles. The molecule has 0 radical (unpaired) electrons. The Morgan fingerprint density at radius 1 is 1.38 bits per heavy atom. The zero-order chi connectivity index (χ0) is 11.4. The van der Waals surface area contributed by atoms with Crippen LogP contribution in [0.5, 0.6) is 0 Å². The summed E-state index contributed by atoms with van der Waals surface area (Å²) in [6.07, 6.45) is 4.48. The van der Waals surface area contributed by atoms with Gasteiger partial charge in [0.05, 0.1) is 24.4 Å². The first-order valence-corrected chi connectivity index (χ1v) is 4.73. The number of hydrogen-bond donors (Lipinski definition) is 0. The average Bonchev–Trinajstić information content (AvgIpc) is 2.33. The molecule has 0 saturated carbocycles. The van der Waals surface area contributed by atoms with Gasteiger partial charge in [0.2, 0.25) is 0 Å². The van der Waals surface area contributed by atoms with E-state index in [2.05, 4.69) is 9.97 Å². The standard InChI is InChI=1S/C12H8FN3/c13-11-8-16-12(6-9(11)3-4-14)10-2-1-5-15-7-10/h1-2,5-8H,3H2. The van der Waals surface area contributed by atoms with Crippen molar-refractivity contribution in [2.45, 2.75) is 6.42 Å². The number of nitriles is 1. The van der Waals surface area contributed by atoms with Crippen LogP contribution in [-0.2, 0) is 6.42 Å². The van der Waals surface area contributed by atoms with Crippen molar-refractivity contribution in [1.29, 1.82) is 5.26 Å². The second kappa shape index (κ2) is 4.49. The van der Waals surface area contributed by atoms with Gasteiger partial charge in [0, 0.05) is 23.5 Å². The van der Waals surface area contributed by atoms with E-state index in [9.17, 15) is 4.39 Å². The summed E-state index contributed by atoms with van der Waals surface area (Å²) in [6.45, 7) is 0. The van der Waals surface area contributed by atoms with Crippen LogP contribution in [0.2, 0.25) is 0 Å². The summed E-state index contributed by atoms with van der Waals surface area (Å²) < 4.78 is 13.2. The first-order chi connectivity index (χ1) is 7.81. The molecule has 0 N–H and O–H groups in total. The summed E-state index contributed by atoms with van der Waals surface area (Å²) in [5, 5.41) is 8.56. The lowest BCUT2D eigenvalue weighted by Gasteiger charge is -2.02. The van der Waals surface area contributed by atoms with Crippen LogP contribution in [0, 0.1) is 17.1 Å². The Labute approximate surface area is 92.2 Å². The third-order valence-corrected chi connectivity index (χ3v) is 2.16. The zero-order valence-corrected chi connectivity index (χ0v) is 8.39. The number of pyridine rings is 2. The van der Waals surface area contributed by atoms with Gasteiger partial charge < -0.3 is 0 Å². The largest absolute Gasteiger partial charge is 0.264 e. The van der Waals surface area contributed by atoms with E-state index < -0.39 is 5.82 Å². The highest BCUT2D eigenvalue weighted by Crippen LogP contribution is 2.18. The summed E-state index contributed by atoms with van der Waals surface area (Å²) >= 11 is 0. The second-order valence-electron chi connectivity index (χ2n) is 3.24. The van der Waals surface area contributed by atoms with Crippen molar-refractivity contribution >= 4 is 0 Å². The fourth-order valence-corrected chi connectivity index (χ4v) is 1.37. The molecule has 0 unspecified atom stereocenters. The van der Waals surface area contributed by atoms with Crippen molar-refractivity contribution in [3.63, 3.8) is 0 Å². The fraction of sp³-hybridized carbons (Fsp3) is 0.0833. The lowest BCUT2D eigenvalue weighted by atomic mass is 10.1. The van der Waals surface area contributed by atoms with Crippen molar-refractivity contribution in [1.82, 2.24) is 9.97 Å². The number of nitrogens with zero attached hydrogens (tertiary/aromatic N) is 3. The van der Waals surface area contributed by atoms with E-state index in [1.165, 1.54) is 0 Å². The maximum atomic E-state index is 13.2. The van der Waals surface area contributed by atoms with Gasteiger partial charge in [-0.25, -0.2) is 4.39 Å². The topological polar surface area (TPSA) is 49.6 Å². The van der Waals surface area contributed by atoms with E-state index in [0.29, 0.717) is 11.3 Å². The van der Waals surface area contributed by atoms with Crippen LogP contribution in [0.4, 0.5) is 4.39 Å². The maximum Gasteiger partial charge on any atom is 0.145 e. The monoisotopic (exact) mass is 213 g/mol. The SMILES string of the molecule is N#CCc1cc(-c2cccnc2)ncc1F. The van der Waals surface area contributed by atoms with E-state index >= 15 is 0 Å². The zero-order valence-electron chi connectivity index (χ0n) is 8.39. The molecule has 3 nitrogen and oxygen atoms in total. The molecule has 0 atom stereocenters. The molecule has 4 heteroatoms. The highest BCUT2D eigenvalue weighted by molar-refractivity contribution is 5.58. The third-order valence-electron chi connectivity index (χ3n) is 2.16. The van der Waals surface area contributed by atoms with Gasteiger partial charge in [0.1, 0.15) is 5.82 Å². The number of hydrogen-bond acceptors (Lipinski definition) is 3. The van der Waals surface area contributed by atoms with Crippen LogP contribution < -0.4 is 0 Å². The van der Waals surface area contributed by atoms with Crippen LogP contribution >= 0.6 is 0 Å². The summed E-state index contributed by atoms with van der Waals surface area (Å²) in [6, 6.07) is 7.12. The molecule has 0 aliphatic carbocycles. The number of halogens is 1. The van der Waals surface area contributed by atoms with Crippen molar-refractivity contribution in [2.75, 3.05) is 0 Å². The minimum absolute atomic E-state index is 0.0433. The van der Waals surface area contributed by atoms with Crippen molar-refractivity contribution in [3.05, 3.63) is 48.2 Å². The van der Waals surface area contributed by atoms with Gasteiger partial charge in [-0.2, -0.15) is 5.26 Å². The second-order valence-corrected chi connectivity index (χ2v) is 3.24. The molecular weight excluding hydrogens is 205 g/mol. The van der Waals surface area contributed by atoms with Crippen molar-refractivity contribution < 1.29 is 4.39 Å². The highest BCUT2D eigenvalue weighted by atomic mass is 19.1. The molecule has 0 spiro atoms. The van der Waals surface area contributed by atoms with Gasteiger partial charge in [0.25, 0.3) is 0 Å². The van der Waals surface area contributed by atoms with Crippen LogP contribution in [0.1, 0.15) is 5.56 Å². The van der Waals surface area contributed by atoms with Crippen molar-refractivity contribution in [2.24, 2.45) is 0 Å². The molecule has 2 rings (SSSR count). The number of aromatic nitrogens is 2. The van der Waals surface area contributed by atoms with Gasteiger partial charge in [-0.15, -0.1) is 0 Å². The molecule has 2 aromatic rings. The van der Waals surface area contributed by atoms with Crippen LogP contribution in [0.3, 0.4) is 0 Å². The van der Waals surface area contributed by atoms with E-state index in [1.54, 1.807) is 24.5 Å². The average molecular weight is 213 g/mol. The number of rotatable bonds is 2. The van der Waals surface area contributed by atoms with Crippen LogP contribution in [0.25, 0.3) is 11.3 Å². The summed E-state index contributed by atoms with van der Waals surface area (Å²) in [5.41, 5.74) is 1.79. The Hall–Kier alpha value is -2.28. The predicted octanol–water partition coefficient (Wildman–Crippen LogP) is 2.35. The lowest BCUT2D eigenvalue weighted by Crippen LogP contribution is -1.93. The third kappa shape index (κ3) is 2.04. The molecule has 0 aliphatic heterocycles. The summed E-state index contributed by atoms with van der Waals surface area (Å²) in [7, 11) is 0. The van der Waals surface area contributed by atoms with Gasteiger partial charge in [-0.05, 0) is 18.2 Å². The molecule has 0 fully saturated rings. The molecular formula is C12H8FN3. The van der Waals surface area contributed by atoms with Gasteiger partial charge in [-0.3, -0.25) is 9.97 Å². The Bertz CT molecular complexity index is 532. The van der Waals surface area contributed by atoms with Gasteiger partial charge in [-0.1, -0.05) is 0 Å². The van der Waals surface area contributed by atoms with Crippen LogP contribution in [-0.4, -0.2) is 9.97 Å². The highest BCUT2D eigenvalue weighted by Gasteiger charge is 2.06. The van der Waals surface area contributed by atoms with Crippen LogP contribution in [0.15, 0.2) is 36.8 Å². The van der Waals surface area contributed by atoms with E-state index in [0.717, 1.165) is 11.8 Å². The molecule has 0 saturated heterocycles. The quantitative estimate of drug-likeness (QED) is 0.769. The lowest BCUT2D eigenvalue weighted by molar-refractivity contribution is 0.609. The summed E-state index contributed by atoms with van der Waals surface area (Å²) in [5.74, 6) is -0.450. The van der Waals surface area contributed by atoms with E-state index in [1.807, 2.05) is 12.1 Å². The first-order valence-electron chi connectivity index (χ1n) is 4.73. The Kier molecular flexibility index (Phi) is 2.88. The Balaban J connectivity index is 2.45. The maximum absolute atomic E-state index is 13.2. The molecule has 0 aliphatic rings. The van der Waals surface area contributed by atoms with Gasteiger partial charge in [0.15, 0.2) is 0 Å². The van der Waals surface area contributed by atoms with Gasteiger partial charge >= 0.3 is 0 Å². The van der Waals surface area contributed by atoms with E-state index in [4.69, 9.17) is 5.26 Å². The minimum Gasteiger partial charge on any atom is -0.264 e. The smallest absolute Gasteiger partial charge is 0.145 e. The Morgan fingerprint density at radius 2 is 2.25 bits per heavy atom. The van der Waals surface area contributed by atoms with E-state index in [-0.39, 0.29) is 6.42 Å². The minimum atomic E-state index is -0.450. The predicted molar refractivity (Wildman–Crippen MR) is 56.7 cm³/mol. The normalized spacial score (nSPS) is 9.75. The first kappa shape index (κ1) is 10.2. The fourth-order valence-electron chi connectivity index (χ4n) is 1.37. The summed E-state index contributed by atoms with van der Waals surface area (Å²) in [4.78, 5) is 7.93. The molecule has 0 aromatic carbocycles. The molecule has 2 heterocycles. The molecule has 0 bridgehead atoms. The molecule has 78 valence electrons. The van der Waals surface area contributed by atoms with Crippen molar-refractivity contribution in [3.8, 4) is 17.3 Å². The Morgan fingerprint density at radius 3 is 2.94 bits per heavy atom. The molecule has 0 amide bonds. The molecule has 16 heavy (non-hydrogen) atoms.